The zero-order valence-electron chi connectivity index (χ0n) is 6.67. The van der Waals surface area contributed by atoms with E-state index in [2.05, 4.69) is 20.9 Å². The van der Waals surface area contributed by atoms with Crippen LogP contribution in [0.4, 0.5) is 0 Å². The molecule has 0 unspecified atom stereocenters. The van der Waals surface area contributed by atoms with Gasteiger partial charge in [-0.3, -0.25) is 4.79 Å². The lowest BCUT2D eigenvalue weighted by molar-refractivity contribution is 0.100. The molecule has 0 radical (unpaired) electrons. The second-order valence-corrected chi connectivity index (χ2v) is 3.67. The Morgan fingerprint density at radius 1 is 1.46 bits per heavy atom. The van der Waals surface area contributed by atoms with Crippen LogP contribution < -0.4 is 5.73 Å². The van der Waals surface area contributed by atoms with Crippen molar-refractivity contribution in [1.82, 2.24) is 4.98 Å². The van der Waals surface area contributed by atoms with Crippen molar-refractivity contribution in [3.05, 3.63) is 34.4 Å². The molecule has 1 heterocycles. The van der Waals surface area contributed by atoms with Gasteiger partial charge < -0.3 is 10.7 Å². The van der Waals surface area contributed by atoms with Gasteiger partial charge in [-0.05, 0) is 12.1 Å². The number of hydrogen-bond acceptors (Lipinski definition) is 1. The molecule has 0 spiro atoms. The van der Waals surface area contributed by atoms with E-state index in [1.54, 1.807) is 6.20 Å². The number of carbonyl (C=O) groups excluding carboxylic acids is 1. The molecule has 1 amide bonds. The van der Waals surface area contributed by atoms with Crippen LogP contribution in [0, 0.1) is 0 Å². The highest BCUT2D eigenvalue weighted by atomic mass is 79.9. The summed E-state index contributed by atoms with van der Waals surface area (Å²) in [5.74, 6) is -0.409. The third kappa shape index (κ3) is 1.33. The average molecular weight is 239 g/mol. The summed E-state index contributed by atoms with van der Waals surface area (Å²) in [7, 11) is 0. The topological polar surface area (TPSA) is 58.9 Å². The van der Waals surface area contributed by atoms with E-state index in [1.807, 2.05) is 18.2 Å². The Hall–Kier alpha value is -1.29. The normalized spacial score (nSPS) is 10.5. The number of nitrogens with two attached hydrogens (primary N) is 1. The number of aromatic nitrogens is 1. The fourth-order valence-corrected chi connectivity index (χ4v) is 1.66. The summed E-state index contributed by atoms with van der Waals surface area (Å²) in [6.07, 6.45) is 1.62. The molecule has 0 saturated heterocycles. The summed E-state index contributed by atoms with van der Waals surface area (Å²) in [4.78, 5) is 13.9. The van der Waals surface area contributed by atoms with E-state index in [-0.39, 0.29) is 0 Å². The number of nitrogens with one attached hydrogen (secondary N) is 1. The summed E-state index contributed by atoms with van der Waals surface area (Å²) < 4.78 is 0.970. The molecule has 1 aromatic carbocycles. The van der Waals surface area contributed by atoms with E-state index < -0.39 is 5.91 Å². The number of aromatic amines is 1. The zero-order valence-corrected chi connectivity index (χ0v) is 8.26. The number of benzene rings is 1. The molecule has 0 aliphatic carbocycles. The number of primary amides is 1. The van der Waals surface area contributed by atoms with Crippen molar-refractivity contribution in [1.29, 1.82) is 0 Å². The summed E-state index contributed by atoms with van der Waals surface area (Å²) in [5, 5.41) is 0.857. The predicted molar refractivity (Wildman–Crippen MR) is 54.5 cm³/mol. The second kappa shape index (κ2) is 2.88. The van der Waals surface area contributed by atoms with Crippen LogP contribution in [-0.4, -0.2) is 10.9 Å². The molecule has 3 nitrogen and oxygen atoms in total. The van der Waals surface area contributed by atoms with Crippen LogP contribution in [0.5, 0.6) is 0 Å². The SMILES string of the molecule is NC(=O)c1c[nH]c2cc(Br)ccc12. The van der Waals surface area contributed by atoms with Crippen molar-refractivity contribution in [2.75, 3.05) is 0 Å². The molecule has 13 heavy (non-hydrogen) atoms. The monoisotopic (exact) mass is 238 g/mol. The smallest absolute Gasteiger partial charge is 0.250 e. The Kier molecular flexibility index (Phi) is 1.84. The molecule has 4 heteroatoms. The molecule has 2 aromatic rings. The van der Waals surface area contributed by atoms with E-state index in [0.717, 1.165) is 15.4 Å². The molecular formula is C9H7BrN2O. The first-order valence-corrected chi connectivity index (χ1v) is 4.54. The summed E-state index contributed by atoms with van der Waals surface area (Å²) in [6, 6.07) is 5.64. The number of amides is 1. The van der Waals surface area contributed by atoms with Crippen molar-refractivity contribution in [3.8, 4) is 0 Å². The van der Waals surface area contributed by atoms with Gasteiger partial charge in [0.2, 0.25) is 0 Å². The Balaban J connectivity index is 2.76. The van der Waals surface area contributed by atoms with E-state index in [1.165, 1.54) is 0 Å². The standard InChI is InChI=1S/C9H7BrN2O/c10-5-1-2-6-7(9(11)13)4-12-8(6)3-5/h1-4,12H,(H2,11,13). The lowest BCUT2D eigenvalue weighted by atomic mass is 10.2. The Bertz CT molecular complexity index is 475. The highest BCUT2D eigenvalue weighted by molar-refractivity contribution is 9.10. The van der Waals surface area contributed by atoms with Gasteiger partial charge in [0.05, 0.1) is 5.56 Å². The third-order valence-corrected chi connectivity index (χ3v) is 2.40. The fourth-order valence-electron chi connectivity index (χ4n) is 1.30. The minimum absolute atomic E-state index is 0.409. The van der Waals surface area contributed by atoms with Gasteiger partial charge in [0.25, 0.3) is 5.91 Å². The molecule has 0 fully saturated rings. The summed E-state index contributed by atoms with van der Waals surface area (Å²) in [5.41, 5.74) is 6.63. The van der Waals surface area contributed by atoms with Gasteiger partial charge >= 0.3 is 0 Å². The minimum atomic E-state index is -0.409. The molecule has 1 aromatic heterocycles. The van der Waals surface area contributed by atoms with Crippen molar-refractivity contribution < 1.29 is 4.79 Å². The fraction of sp³-hybridized carbons (Fsp3) is 0. The van der Waals surface area contributed by atoms with Crippen molar-refractivity contribution in [2.24, 2.45) is 5.73 Å². The van der Waals surface area contributed by atoms with Gasteiger partial charge in [-0.25, -0.2) is 0 Å². The van der Waals surface area contributed by atoms with Crippen LogP contribution >= 0.6 is 15.9 Å². The summed E-state index contributed by atoms with van der Waals surface area (Å²) >= 11 is 3.34. The molecule has 2 rings (SSSR count). The lowest BCUT2D eigenvalue weighted by Gasteiger charge is -1.93. The first-order chi connectivity index (χ1) is 6.18. The van der Waals surface area contributed by atoms with Gasteiger partial charge in [0, 0.05) is 21.6 Å². The summed E-state index contributed by atoms with van der Waals surface area (Å²) in [6.45, 7) is 0. The minimum Gasteiger partial charge on any atom is -0.366 e. The number of rotatable bonds is 1. The Labute approximate surface area is 83.1 Å². The van der Waals surface area contributed by atoms with Crippen LogP contribution in [0.25, 0.3) is 10.9 Å². The van der Waals surface area contributed by atoms with Gasteiger partial charge in [-0.2, -0.15) is 0 Å². The molecule has 0 atom stereocenters. The van der Waals surface area contributed by atoms with Crippen LogP contribution in [0.15, 0.2) is 28.9 Å². The average Bonchev–Trinajstić information content (AvgIpc) is 2.46. The maximum absolute atomic E-state index is 11.0. The molecule has 3 N–H and O–H groups in total. The molecule has 0 aliphatic rings. The van der Waals surface area contributed by atoms with E-state index in [4.69, 9.17) is 5.73 Å². The van der Waals surface area contributed by atoms with E-state index in [0.29, 0.717) is 5.56 Å². The molecule has 0 aliphatic heterocycles. The quantitative estimate of drug-likeness (QED) is 0.785. The van der Waals surface area contributed by atoms with Crippen LogP contribution in [0.2, 0.25) is 0 Å². The number of fused-ring (bicyclic) bond motifs is 1. The van der Waals surface area contributed by atoms with Crippen LogP contribution in [-0.2, 0) is 0 Å². The van der Waals surface area contributed by atoms with Crippen LogP contribution in [0.1, 0.15) is 10.4 Å². The van der Waals surface area contributed by atoms with Crippen LogP contribution in [0.3, 0.4) is 0 Å². The largest absolute Gasteiger partial charge is 0.366 e. The van der Waals surface area contributed by atoms with E-state index >= 15 is 0 Å². The number of H-pyrrole nitrogens is 1. The predicted octanol–water partition coefficient (Wildman–Crippen LogP) is 2.03. The molecular weight excluding hydrogens is 232 g/mol. The third-order valence-electron chi connectivity index (χ3n) is 1.91. The molecule has 0 saturated carbocycles. The van der Waals surface area contributed by atoms with Crippen molar-refractivity contribution in [2.45, 2.75) is 0 Å². The maximum atomic E-state index is 11.0. The first kappa shape index (κ1) is 8.31. The molecule has 66 valence electrons. The second-order valence-electron chi connectivity index (χ2n) is 2.76. The molecule has 0 bridgehead atoms. The van der Waals surface area contributed by atoms with Gasteiger partial charge in [-0.15, -0.1) is 0 Å². The Morgan fingerprint density at radius 2 is 2.23 bits per heavy atom. The van der Waals surface area contributed by atoms with Crippen molar-refractivity contribution in [3.63, 3.8) is 0 Å². The van der Waals surface area contributed by atoms with Gasteiger partial charge in [0.15, 0.2) is 0 Å². The highest BCUT2D eigenvalue weighted by Crippen LogP contribution is 2.21. The van der Waals surface area contributed by atoms with Gasteiger partial charge in [0.1, 0.15) is 0 Å². The number of halogens is 1. The highest BCUT2D eigenvalue weighted by Gasteiger charge is 2.07. The number of hydrogen-bond donors (Lipinski definition) is 2. The lowest BCUT2D eigenvalue weighted by Crippen LogP contribution is -2.09. The number of carbonyl (C=O) groups is 1. The maximum Gasteiger partial charge on any atom is 0.250 e. The Morgan fingerprint density at radius 3 is 2.92 bits per heavy atom. The van der Waals surface area contributed by atoms with Crippen molar-refractivity contribution >= 4 is 32.7 Å². The van der Waals surface area contributed by atoms with E-state index in [9.17, 15) is 4.79 Å². The first-order valence-electron chi connectivity index (χ1n) is 3.75. The zero-order chi connectivity index (χ0) is 9.42. The van der Waals surface area contributed by atoms with Gasteiger partial charge in [-0.1, -0.05) is 22.0 Å².